The van der Waals surface area contributed by atoms with Crippen LogP contribution in [0.5, 0.6) is 5.75 Å². The van der Waals surface area contributed by atoms with Gasteiger partial charge in [-0.1, -0.05) is 31.0 Å². The molecule has 2 aliphatic rings. The number of fused-ring (bicyclic) bond motifs is 1. The van der Waals surface area contributed by atoms with E-state index in [4.69, 9.17) is 4.74 Å². The van der Waals surface area contributed by atoms with E-state index in [2.05, 4.69) is 36.6 Å². The third-order valence-corrected chi connectivity index (χ3v) is 4.89. The minimum atomic E-state index is 0.713. The van der Waals surface area contributed by atoms with E-state index in [-0.39, 0.29) is 0 Å². The molecule has 0 aromatic heterocycles. The smallest absolute Gasteiger partial charge is 0.122 e. The van der Waals surface area contributed by atoms with E-state index in [9.17, 15) is 0 Å². The van der Waals surface area contributed by atoms with Crippen molar-refractivity contribution in [1.29, 1.82) is 0 Å². The number of hydrogen-bond acceptors (Lipinski definition) is 2. The fraction of sp³-hybridized carbons (Fsp3) is 0.647. The van der Waals surface area contributed by atoms with Crippen LogP contribution in [0.25, 0.3) is 0 Å². The number of rotatable bonds is 3. The molecule has 19 heavy (non-hydrogen) atoms. The summed E-state index contributed by atoms with van der Waals surface area (Å²) >= 11 is 0. The van der Waals surface area contributed by atoms with Gasteiger partial charge in [0.25, 0.3) is 0 Å². The molecular weight excluding hydrogens is 234 g/mol. The predicted octanol–water partition coefficient (Wildman–Crippen LogP) is 3.72. The molecule has 1 aromatic rings. The van der Waals surface area contributed by atoms with Gasteiger partial charge in [-0.3, -0.25) is 0 Å². The summed E-state index contributed by atoms with van der Waals surface area (Å²) in [7, 11) is 2.11. The van der Waals surface area contributed by atoms with Gasteiger partial charge in [-0.25, -0.2) is 0 Å². The minimum Gasteiger partial charge on any atom is -0.493 e. The van der Waals surface area contributed by atoms with Crippen molar-refractivity contribution in [3.05, 3.63) is 29.8 Å². The normalized spacial score (nSPS) is 30.5. The summed E-state index contributed by atoms with van der Waals surface area (Å²) in [4.78, 5) is 0. The Kier molecular flexibility index (Phi) is 4.07. The first-order valence-electron chi connectivity index (χ1n) is 7.76. The summed E-state index contributed by atoms with van der Waals surface area (Å²) < 4.78 is 5.77. The van der Waals surface area contributed by atoms with Gasteiger partial charge in [0.05, 0.1) is 6.61 Å². The van der Waals surface area contributed by atoms with Crippen LogP contribution in [-0.2, 0) is 0 Å². The Morgan fingerprint density at radius 1 is 1.21 bits per heavy atom. The second-order valence-electron chi connectivity index (χ2n) is 6.13. The highest BCUT2D eigenvalue weighted by Gasteiger charge is 2.27. The molecule has 0 saturated heterocycles. The zero-order valence-electron chi connectivity index (χ0n) is 11.9. The first-order valence-corrected chi connectivity index (χ1v) is 7.76. The predicted molar refractivity (Wildman–Crippen MR) is 78.7 cm³/mol. The van der Waals surface area contributed by atoms with Gasteiger partial charge in [0, 0.05) is 6.04 Å². The molecule has 3 atom stereocenters. The summed E-state index contributed by atoms with van der Waals surface area (Å²) in [6.45, 7) is 0.893. The van der Waals surface area contributed by atoms with Gasteiger partial charge in [0.2, 0.25) is 0 Å². The summed E-state index contributed by atoms with van der Waals surface area (Å²) in [5.41, 5.74) is 1.44. The van der Waals surface area contributed by atoms with Gasteiger partial charge in [0.1, 0.15) is 5.75 Å². The lowest BCUT2D eigenvalue weighted by atomic mass is 9.77. The maximum absolute atomic E-state index is 5.77. The zero-order chi connectivity index (χ0) is 13.1. The highest BCUT2D eigenvalue weighted by Crippen LogP contribution is 2.40. The largest absolute Gasteiger partial charge is 0.493 e. The molecule has 0 radical (unpaired) electrons. The Labute approximate surface area is 116 Å². The second-order valence-corrected chi connectivity index (χ2v) is 6.13. The second kappa shape index (κ2) is 5.96. The molecule has 3 unspecified atom stereocenters. The van der Waals surface area contributed by atoms with E-state index in [0.717, 1.165) is 24.3 Å². The van der Waals surface area contributed by atoms with E-state index < -0.39 is 0 Å². The number of benzene rings is 1. The molecular formula is C17H25NO. The van der Waals surface area contributed by atoms with Gasteiger partial charge in [0.15, 0.2) is 0 Å². The topological polar surface area (TPSA) is 21.3 Å². The Bertz CT molecular complexity index is 417. The van der Waals surface area contributed by atoms with Crippen LogP contribution in [0.2, 0.25) is 0 Å². The average Bonchev–Trinajstić information content (AvgIpc) is 2.48. The van der Waals surface area contributed by atoms with Crippen molar-refractivity contribution in [1.82, 2.24) is 5.32 Å². The standard InChI is InChI=1S/C17H25NO/c1-18-15-6-4-5-13(12-15)11-14-9-10-19-17-8-3-2-7-16(14)17/h2-3,7-8,13-15,18H,4-6,9-12H2,1H3. The van der Waals surface area contributed by atoms with Gasteiger partial charge in [-0.2, -0.15) is 0 Å². The molecule has 3 rings (SSSR count). The number of nitrogens with one attached hydrogen (secondary N) is 1. The van der Waals surface area contributed by atoms with E-state index in [0.29, 0.717) is 5.92 Å². The fourth-order valence-corrected chi connectivity index (χ4v) is 3.83. The van der Waals surface area contributed by atoms with Gasteiger partial charge in [-0.15, -0.1) is 0 Å². The first-order chi connectivity index (χ1) is 9.36. The molecule has 1 heterocycles. The highest BCUT2D eigenvalue weighted by molar-refractivity contribution is 5.37. The lowest BCUT2D eigenvalue weighted by Crippen LogP contribution is -2.32. The number of para-hydroxylation sites is 1. The maximum Gasteiger partial charge on any atom is 0.122 e. The van der Waals surface area contributed by atoms with E-state index in [1.165, 1.54) is 44.1 Å². The third-order valence-electron chi connectivity index (χ3n) is 4.89. The Morgan fingerprint density at radius 3 is 3.00 bits per heavy atom. The van der Waals surface area contributed by atoms with Gasteiger partial charge in [-0.05, 0) is 56.2 Å². The Morgan fingerprint density at radius 2 is 2.11 bits per heavy atom. The van der Waals surface area contributed by atoms with E-state index in [1.807, 2.05) is 0 Å². The monoisotopic (exact) mass is 259 g/mol. The SMILES string of the molecule is CNC1CCCC(CC2CCOc3ccccc32)C1. The van der Waals surface area contributed by atoms with Crippen LogP contribution in [0.3, 0.4) is 0 Å². The van der Waals surface area contributed by atoms with Crippen molar-refractivity contribution >= 4 is 0 Å². The third kappa shape index (κ3) is 2.94. The average molecular weight is 259 g/mol. The number of hydrogen-bond donors (Lipinski definition) is 1. The fourth-order valence-electron chi connectivity index (χ4n) is 3.83. The summed E-state index contributed by atoms with van der Waals surface area (Å²) in [5, 5.41) is 3.47. The highest BCUT2D eigenvalue weighted by atomic mass is 16.5. The molecule has 0 bridgehead atoms. The Hall–Kier alpha value is -1.02. The number of ether oxygens (including phenoxy) is 1. The van der Waals surface area contributed by atoms with Crippen molar-refractivity contribution in [3.63, 3.8) is 0 Å². The summed E-state index contributed by atoms with van der Waals surface area (Å²) in [6.07, 6.45) is 8.06. The van der Waals surface area contributed by atoms with Crippen molar-refractivity contribution in [2.24, 2.45) is 5.92 Å². The van der Waals surface area contributed by atoms with Crippen LogP contribution in [-0.4, -0.2) is 19.7 Å². The van der Waals surface area contributed by atoms with Crippen LogP contribution in [0.15, 0.2) is 24.3 Å². The van der Waals surface area contributed by atoms with E-state index in [1.54, 1.807) is 0 Å². The van der Waals surface area contributed by atoms with Crippen LogP contribution >= 0.6 is 0 Å². The van der Waals surface area contributed by atoms with Crippen LogP contribution in [0.4, 0.5) is 0 Å². The van der Waals surface area contributed by atoms with Crippen molar-refractivity contribution < 1.29 is 4.74 Å². The van der Waals surface area contributed by atoms with Gasteiger partial charge < -0.3 is 10.1 Å². The van der Waals surface area contributed by atoms with Crippen LogP contribution < -0.4 is 10.1 Å². The molecule has 1 N–H and O–H groups in total. The van der Waals surface area contributed by atoms with Crippen molar-refractivity contribution in [3.8, 4) is 5.75 Å². The minimum absolute atomic E-state index is 0.713. The first kappa shape index (κ1) is 13.0. The molecule has 1 saturated carbocycles. The Balaban J connectivity index is 1.67. The quantitative estimate of drug-likeness (QED) is 0.893. The summed E-state index contributed by atoms with van der Waals surface area (Å²) in [6, 6.07) is 9.36. The molecule has 1 aliphatic carbocycles. The molecule has 2 heteroatoms. The van der Waals surface area contributed by atoms with Crippen LogP contribution in [0.1, 0.15) is 50.0 Å². The van der Waals surface area contributed by atoms with Gasteiger partial charge >= 0.3 is 0 Å². The van der Waals surface area contributed by atoms with E-state index >= 15 is 0 Å². The summed E-state index contributed by atoms with van der Waals surface area (Å²) in [5.74, 6) is 2.73. The van der Waals surface area contributed by atoms with Crippen molar-refractivity contribution in [2.45, 2.75) is 50.5 Å². The molecule has 104 valence electrons. The molecule has 2 nitrogen and oxygen atoms in total. The zero-order valence-corrected chi connectivity index (χ0v) is 11.9. The lowest BCUT2D eigenvalue weighted by molar-refractivity contribution is 0.224. The maximum atomic E-state index is 5.77. The molecule has 1 aromatic carbocycles. The molecule has 1 fully saturated rings. The molecule has 1 aliphatic heterocycles. The van der Waals surface area contributed by atoms with Crippen molar-refractivity contribution in [2.75, 3.05) is 13.7 Å². The van der Waals surface area contributed by atoms with Crippen LogP contribution in [0, 0.1) is 5.92 Å². The lowest BCUT2D eigenvalue weighted by Gasteiger charge is -2.33. The molecule has 0 amide bonds. The molecule has 0 spiro atoms.